The van der Waals surface area contributed by atoms with E-state index in [4.69, 9.17) is 4.74 Å². The average Bonchev–Trinajstić information content (AvgIpc) is 2.59. The SMILES string of the molecule is Cc1cc(C(=O)N2CCO[C@@H]3CCCC[C@H]32)c2ccc(F)cc2n1. The third kappa shape index (κ3) is 2.67. The molecule has 0 spiro atoms. The molecular weight excluding hydrogens is 307 g/mol. The topological polar surface area (TPSA) is 42.4 Å². The fourth-order valence-electron chi connectivity index (χ4n) is 4.01. The zero-order chi connectivity index (χ0) is 16.7. The second kappa shape index (κ2) is 6.13. The van der Waals surface area contributed by atoms with E-state index in [-0.39, 0.29) is 23.9 Å². The number of aryl methyl sites for hydroxylation is 1. The smallest absolute Gasteiger partial charge is 0.255 e. The van der Waals surface area contributed by atoms with Crippen LogP contribution in [0.4, 0.5) is 4.39 Å². The first-order valence-corrected chi connectivity index (χ1v) is 8.63. The maximum atomic E-state index is 13.5. The number of benzene rings is 1. The molecule has 5 heteroatoms. The zero-order valence-corrected chi connectivity index (χ0v) is 13.8. The second-order valence-electron chi connectivity index (χ2n) is 6.73. The number of halogens is 1. The maximum Gasteiger partial charge on any atom is 0.255 e. The number of amides is 1. The van der Waals surface area contributed by atoms with Crippen LogP contribution in [0, 0.1) is 12.7 Å². The van der Waals surface area contributed by atoms with Gasteiger partial charge in [0.05, 0.1) is 29.8 Å². The van der Waals surface area contributed by atoms with Gasteiger partial charge in [-0.2, -0.15) is 0 Å². The van der Waals surface area contributed by atoms with E-state index in [9.17, 15) is 9.18 Å². The fraction of sp³-hybridized carbons (Fsp3) is 0.474. The van der Waals surface area contributed by atoms with Gasteiger partial charge in [0, 0.05) is 23.7 Å². The Balaban J connectivity index is 1.75. The highest BCUT2D eigenvalue weighted by Crippen LogP contribution is 2.30. The molecule has 2 aromatic rings. The third-order valence-corrected chi connectivity index (χ3v) is 5.12. The molecule has 1 saturated carbocycles. The van der Waals surface area contributed by atoms with Crippen LogP contribution in [-0.2, 0) is 4.74 Å². The molecule has 4 rings (SSSR count). The Kier molecular flexibility index (Phi) is 3.96. The van der Waals surface area contributed by atoms with Gasteiger partial charge >= 0.3 is 0 Å². The molecule has 126 valence electrons. The summed E-state index contributed by atoms with van der Waals surface area (Å²) in [6, 6.07) is 6.41. The Labute approximate surface area is 140 Å². The number of fused-ring (bicyclic) bond motifs is 2. The monoisotopic (exact) mass is 328 g/mol. The average molecular weight is 328 g/mol. The molecule has 0 radical (unpaired) electrons. The molecule has 24 heavy (non-hydrogen) atoms. The molecule has 0 unspecified atom stereocenters. The number of aromatic nitrogens is 1. The first kappa shape index (κ1) is 15.5. The third-order valence-electron chi connectivity index (χ3n) is 5.12. The normalized spacial score (nSPS) is 24.0. The maximum absolute atomic E-state index is 13.5. The summed E-state index contributed by atoms with van der Waals surface area (Å²) in [5.41, 5.74) is 1.88. The fourth-order valence-corrected chi connectivity index (χ4v) is 4.01. The molecule has 2 heterocycles. The number of hydrogen-bond acceptors (Lipinski definition) is 3. The number of ether oxygens (including phenoxy) is 1. The van der Waals surface area contributed by atoms with Gasteiger partial charge in [0.15, 0.2) is 0 Å². The molecule has 1 aliphatic carbocycles. The van der Waals surface area contributed by atoms with Gasteiger partial charge in [-0.15, -0.1) is 0 Å². The second-order valence-corrected chi connectivity index (χ2v) is 6.73. The van der Waals surface area contributed by atoms with Crippen LogP contribution < -0.4 is 0 Å². The number of morpholine rings is 1. The molecular formula is C19H21FN2O2. The molecule has 1 aromatic heterocycles. The van der Waals surface area contributed by atoms with Gasteiger partial charge in [-0.1, -0.05) is 12.8 Å². The first-order valence-electron chi connectivity index (χ1n) is 8.63. The van der Waals surface area contributed by atoms with Gasteiger partial charge in [0.1, 0.15) is 5.82 Å². The zero-order valence-electron chi connectivity index (χ0n) is 13.8. The minimum Gasteiger partial charge on any atom is -0.374 e. The summed E-state index contributed by atoms with van der Waals surface area (Å²) < 4.78 is 19.4. The van der Waals surface area contributed by atoms with E-state index in [1.807, 2.05) is 17.9 Å². The molecule has 0 bridgehead atoms. The standard InChI is InChI=1S/C19H21FN2O2/c1-12-10-15(14-7-6-13(20)11-16(14)21-12)19(23)22-8-9-24-18-5-3-2-4-17(18)22/h6-7,10-11,17-18H,2-5,8-9H2,1H3/t17-,18-/m1/s1. The van der Waals surface area contributed by atoms with Crippen molar-refractivity contribution in [2.24, 2.45) is 0 Å². The van der Waals surface area contributed by atoms with Crippen molar-refractivity contribution in [1.82, 2.24) is 9.88 Å². The van der Waals surface area contributed by atoms with E-state index in [2.05, 4.69) is 4.98 Å². The molecule has 4 nitrogen and oxygen atoms in total. The lowest BCUT2D eigenvalue weighted by Crippen LogP contribution is -2.54. The van der Waals surface area contributed by atoms with Gasteiger partial charge in [-0.25, -0.2) is 4.39 Å². The van der Waals surface area contributed by atoms with Gasteiger partial charge in [0.2, 0.25) is 0 Å². The molecule has 1 saturated heterocycles. The summed E-state index contributed by atoms with van der Waals surface area (Å²) in [4.78, 5) is 19.6. The van der Waals surface area contributed by atoms with Crippen molar-refractivity contribution in [3.8, 4) is 0 Å². The number of carbonyl (C=O) groups is 1. The molecule has 1 aromatic carbocycles. The summed E-state index contributed by atoms with van der Waals surface area (Å²) in [6.45, 7) is 3.04. The molecule has 1 aliphatic heterocycles. The van der Waals surface area contributed by atoms with Crippen LogP contribution in [0.25, 0.3) is 10.9 Å². The largest absolute Gasteiger partial charge is 0.374 e. The first-order chi connectivity index (χ1) is 11.6. The number of carbonyl (C=O) groups excluding carboxylic acids is 1. The highest BCUT2D eigenvalue weighted by atomic mass is 19.1. The van der Waals surface area contributed by atoms with E-state index >= 15 is 0 Å². The lowest BCUT2D eigenvalue weighted by molar-refractivity contribution is -0.0752. The Hall–Kier alpha value is -2.01. The highest BCUT2D eigenvalue weighted by molar-refractivity contribution is 6.06. The van der Waals surface area contributed by atoms with Crippen LogP contribution in [-0.4, -0.2) is 41.1 Å². The van der Waals surface area contributed by atoms with Gasteiger partial charge in [0.25, 0.3) is 5.91 Å². The summed E-state index contributed by atoms with van der Waals surface area (Å²) >= 11 is 0. The number of nitrogens with zero attached hydrogens (tertiary/aromatic N) is 2. The van der Waals surface area contributed by atoms with Crippen molar-refractivity contribution in [3.63, 3.8) is 0 Å². The molecule has 2 fully saturated rings. The van der Waals surface area contributed by atoms with E-state index in [1.54, 1.807) is 6.07 Å². The van der Waals surface area contributed by atoms with E-state index < -0.39 is 0 Å². The van der Waals surface area contributed by atoms with E-state index in [0.29, 0.717) is 29.6 Å². The summed E-state index contributed by atoms with van der Waals surface area (Å²) in [7, 11) is 0. The minimum absolute atomic E-state index is 0.0114. The minimum atomic E-state index is -0.335. The van der Waals surface area contributed by atoms with E-state index in [1.165, 1.54) is 18.6 Å². The lowest BCUT2D eigenvalue weighted by Gasteiger charge is -2.43. The van der Waals surface area contributed by atoms with Gasteiger partial charge < -0.3 is 9.64 Å². The van der Waals surface area contributed by atoms with Crippen LogP contribution in [0.1, 0.15) is 41.7 Å². The quantitative estimate of drug-likeness (QED) is 0.805. The van der Waals surface area contributed by atoms with Crippen molar-refractivity contribution in [2.45, 2.75) is 44.8 Å². The molecule has 2 aliphatic rings. The highest BCUT2D eigenvalue weighted by Gasteiger charge is 2.37. The van der Waals surface area contributed by atoms with Crippen LogP contribution in [0.15, 0.2) is 24.3 Å². The number of hydrogen-bond donors (Lipinski definition) is 0. The van der Waals surface area contributed by atoms with E-state index in [0.717, 1.165) is 25.0 Å². The Morgan fingerprint density at radius 3 is 3.00 bits per heavy atom. The Morgan fingerprint density at radius 1 is 1.29 bits per heavy atom. The summed E-state index contributed by atoms with van der Waals surface area (Å²) in [6.07, 6.45) is 4.47. The predicted octanol–water partition coefficient (Wildman–Crippen LogP) is 3.47. The van der Waals surface area contributed by atoms with Crippen molar-refractivity contribution in [3.05, 3.63) is 41.3 Å². The summed E-state index contributed by atoms with van der Waals surface area (Å²) in [5, 5.41) is 0.714. The summed E-state index contributed by atoms with van der Waals surface area (Å²) in [5.74, 6) is -0.324. The molecule has 0 N–H and O–H groups in total. The number of rotatable bonds is 1. The lowest BCUT2D eigenvalue weighted by atomic mass is 9.89. The predicted molar refractivity (Wildman–Crippen MR) is 89.5 cm³/mol. The van der Waals surface area contributed by atoms with Crippen molar-refractivity contribution < 1.29 is 13.9 Å². The van der Waals surface area contributed by atoms with Crippen molar-refractivity contribution >= 4 is 16.8 Å². The van der Waals surface area contributed by atoms with Crippen LogP contribution in [0.3, 0.4) is 0 Å². The van der Waals surface area contributed by atoms with Crippen molar-refractivity contribution in [2.75, 3.05) is 13.2 Å². The van der Waals surface area contributed by atoms with Gasteiger partial charge in [-0.05, 0) is 38.0 Å². The van der Waals surface area contributed by atoms with Crippen LogP contribution >= 0.6 is 0 Å². The Morgan fingerprint density at radius 2 is 2.12 bits per heavy atom. The Bertz CT molecular complexity index is 785. The molecule has 2 atom stereocenters. The number of pyridine rings is 1. The van der Waals surface area contributed by atoms with Gasteiger partial charge in [-0.3, -0.25) is 9.78 Å². The molecule has 1 amide bonds. The van der Waals surface area contributed by atoms with Crippen LogP contribution in [0.5, 0.6) is 0 Å². The van der Waals surface area contributed by atoms with Crippen LogP contribution in [0.2, 0.25) is 0 Å². The van der Waals surface area contributed by atoms with Crippen molar-refractivity contribution in [1.29, 1.82) is 0 Å².